The van der Waals surface area contributed by atoms with Crippen molar-refractivity contribution in [1.82, 2.24) is 0 Å². The van der Waals surface area contributed by atoms with Crippen LogP contribution in [0.25, 0.3) is 0 Å². The maximum Gasteiger partial charge on any atom is 0.157 e. The van der Waals surface area contributed by atoms with Gasteiger partial charge in [0.1, 0.15) is 22.9 Å². The first-order valence-electron chi connectivity index (χ1n) is 15.2. The summed E-state index contributed by atoms with van der Waals surface area (Å²) in [5, 5.41) is 21.7. The van der Waals surface area contributed by atoms with E-state index in [9.17, 15) is 10.2 Å². The molecule has 0 bridgehead atoms. The van der Waals surface area contributed by atoms with Crippen LogP contribution in [0.2, 0.25) is 0 Å². The zero-order valence-corrected chi connectivity index (χ0v) is 29.2. The van der Waals surface area contributed by atoms with E-state index in [2.05, 4.69) is 26.0 Å². The second-order valence-corrected chi connectivity index (χ2v) is 11.7. The van der Waals surface area contributed by atoms with Gasteiger partial charge in [-0.15, -0.1) is 0 Å². The predicted octanol–water partition coefficient (Wildman–Crippen LogP) is 9.87. The summed E-state index contributed by atoms with van der Waals surface area (Å²) in [7, 11) is 0. The Morgan fingerprint density at radius 1 is 0.489 bits per heavy atom. The number of hydrogen-bond donors (Lipinski definition) is 2. The number of phenolic OH excluding ortho intramolecular Hbond substituents is 2. The van der Waals surface area contributed by atoms with E-state index in [0.29, 0.717) is 45.4 Å². The van der Waals surface area contributed by atoms with Crippen LogP contribution in [-0.2, 0) is 24.9 Å². The molecule has 1 aliphatic rings. The second-order valence-electron chi connectivity index (χ2n) is 11.7. The third kappa shape index (κ3) is 6.01. The van der Waals surface area contributed by atoms with Crippen molar-refractivity contribution >= 4 is 22.8 Å². The van der Waals surface area contributed by atoms with Gasteiger partial charge in [-0.3, -0.25) is 0 Å². The third-order valence-corrected chi connectivity index (χ3v) is 8.42. The number of hydrogen-bond acceptors (Lipinski definition) is 5. The van der Waals surface area contributed by atoms with Crippen LogP contribution >= 0.6 is 0 Å². The molecule has 0 atom stereocenters. The van der Waals surface area contributed by atoms with Gasteiger partial charge in [0.2, 0.25) is 0 Å². The van der Waals surface area contributed by atoms with Crippen LogP contribution in [0.15, 0.2) is 156 Å². The molecule has 0 saturated heterocycles. The smallest absolute Gasteiger partial charge is 0.157 e. The number of aliphatic imine (C=N–C) groups is 2. The maximum atomic E-state index is 10.9. The van der Waals surface area contributed by atoms with E-state index in [-0.39, 0.29) is 31.0 Å². The number of rotatable bonds is 6. The molecule has 0 amide bonds. The Morgan fingerprint density at radius 3 is 1.28 bits per heavy atom. The average molecular weight is 666 g/mol. The molecule has 6 heteroatoms. The molecule has 7 rings (SSSR count). The van der Waals surface area contributed by atoms with E-state index in [1.54, 1.807) is 24.3 Å². The minimum Gasteiger partial charge on any atom is -0.507 e. The van der Waals surface area contributed by atoms with Crippen molar-refractivity contribution in [3.05, 3.63) is 179 Å². The van der Waals surface area contributed by atoms with Gasteiger partial charge in [0.15, 0.2) is 11.5 Å². The monoisotopic (exact) mass is 664 g/mol. The molecule has 2 N–H and O–H groups in total. The Morgan fingerprint density at radius 2 is 0.872 bits per heavy atom. The van der Waals surface area contributed by atoms with Crippen LogP contribution in [0.1, 0.15) is 47.2 Å². The van der Waals surface area contributed by atoms with Crippen LogP contribution in [0, 0.1) is 0 Å². The van der Waals surface area contributed by atoms with Crippen molar-refractivity contribution in [3.8, 4) is 23.0 Å². The molecule has 0 aliphatic carbocycles. The van der Waals surface area contributed by atoms with Gasteiger partial charge >= 0.3 is 0 Å². The summed E-state index contributed by atoms with van der Waals surface area (Å²) < 4.78 is 6.84. The summed E-state index contributed by atoms with van der Waals surface area (Å²) in [6.07, 6.45) is 0. The van der Waals surface area contributed by atoms with E-state index >= 15 is 0 Å². The Kier molecular flexibility index (Phi) is 8.89. The van der Waals surface area contributed by atoms with Gasteiger partial charge in [0.05, 0.1) is 11.4 Å². The van der Waals surface area contributed by atoms with Crippen LogP contribution in [0.4, 0.5) is 11.4 Å². The SMILES string of the molecule is CC1(C)c2cccc(N=C(c3ccccc3)c3ccccc3O)c2Oc2c(N=C(c3ccccc3)c3ccccc3O)cccc21.[Zn]. The van der Waals surface area contributed by atoms with Crippen LogP contribution in [0.5, 0.6) is 23.0 Å². The molecule has 0 spiro atoms. The van der Waals surface area contributed by atoms with Crippen LogP contribution in [-0.4, -0.2) is 21.6 Å². The van der Waals surface area contributed by atoms with E-state index in [0.717, 1.165) is 22.3 Å². The molecule has 6 aromatic rings. The molecule has 6 aromatic carbocycles. The molecule has 0 unspecified atom stereocenters. The van der Waals surface area contributed by atoms with E-state index in [4.69, 9.17) is 14.7 Å². The first-order chi connectivity index (χ1) is 22.4. The zero-order valence-electron chi connectivity index (χ0n) is 26.3. The zero-order chi connectivity index (χ0) is 31.7. The fraction of sp³-hybridized carbons (Fsp3) is 0.0732. The summed E-state index contributed by atoms with van der Waals surface area (Å²) in [5.41, 5.74) is 7.10. The van der Waals surface area contributed by atoms with Crippen molar-refractivity contribution in [2.24, 2.45) is 9.98 Å². The fourth-order valence-electron chi connectivity index (χ4n) is 6.01. The number of phenols is 2. The maximum absolute atomic E-state index is 10.9. The van der Waals surface area contributed by atoms with Gasteiger partial charge in [0, 0.05) is 58.3 Å². The molecule has 226 valence electrons. The molecule has 0 fully saturated rings. The summed E-state index contributed by atoms with van der Waals surface area (Å²) >= 11 is 0. The number of fused-ring (bicyclic) bond motifs is 2. The number of ether oxygens (including phenoxy) is 1. The molecule has 0 aromatic heterocycles. The quantitative estimate of drug-likeness (QED) is 0.137. The molecule has 1 heterocycles. The van der Waals surface area contributed by atoms with Crippen molar-refractivity contribution in [1.29, 1.82) is 0 Å². The molecule has 0 saturated carbocycles. The van der Waals surface area contributed by atoms with Gasteiger partial charge in [-0.2, -0.15) is 0 Å². The van der Waals surface area contributed by atoms with Crippen LogP contribution in [0.3, 0.4) is 0 Å². The largest absolute Gasteiger partial charge is 0.507 e. The molecule has 0 radical (unpaired) electrons. The number of nitrogens with zero attached hydrogens (tertiary/aromatic N) is 2. The number of para-hydroxylation sites is 4. The van der Waals surface area contributed by atoms with Gasteiger partial charge in [0.25, 0.3) is 0 Å². The summed E-state index contributed by atoms with van der Waals surface area (Å²) in [6.45, 7) is 4.35. The summed E-state index contributed by atoms with van der Waals surface area (Å²) in [6, 6.07) is 46.2. The summed E-state index contributed by atoms with van der Waals surface area (Å²) in [4.78, 5) is 10.3. The first kappa shape index (κ1) is 31.7. The van der Waals surface area contributed by atoms with Crippen LogP contribution < -0.4 is 4.74 Å². The van der Waals surface area contributed by atoms with Crippen molar-refractivity contribution < 1.29 is 34.4 Å². The van der Waals surface area contributed by atoms with Crippen molar-refractivity contribution in [3.63, 3.8) is 0 Å². The Hall–Kier alpha value is -5.32. The predicted molar refractivity (Wildman–Crippen MR) is 185 cm³/mol. The third-order valence-electron chi connectivity index (χ3n) is 8.42. The average Bonchev–Trinajstić information content (AvgIpc) is 3.08. The van der Waals surface area contributed by atoms with Gasteiger partial charge in [-0.05, 0) is 36.4 Å². The topological polar surface area (TPSA) is 74.4 Å². The normalized spacial score (nSPS) is 13.5. The molecular formula is C41H32N2O3Zn. The second kappa shape index (κ2) is 13.2. The van der Waals surface area contributed by atoms with Gasteiger partial charge in [-0.25, -0.2) is 9.98 Å². The summed E-state index contributed by atoms with van der Waals surface area (Å²) in [5.74, 6) is 1.57. The molecule has 5 nitrogen and oxygen atoms in total. The Balaban J connectivity index is 0.00000386. The van der Waals surface area contributed by atoms with E-state index in [1.165, 1.54) is 0 Å². The first-order valence-corrected chi connectivity index (χ1v) is 15.2. The van der Waals surface area contributed by atoms with E-state index < -0.39 is 5.41 Å². The minimum absolute atomic E-state index is 0. The molecule has 47 heavy (non-hydrogen) atoms. The molecular weight excluding hydrogens is 634 g/mol. The fourth-order valence-corrected chi connectivity index (χ4v) is 6.01. The van der Waals surface area contributed by atoms with Crippen molar-refractivity contribution in [2.45, 2.75) is 19.3 Å². The van der Waals surface area contributed by atoms with Crippen molar-refractivity contribution in [2.75, 3.05) is 0 Å². The Labute approximate surface area is 287 Å². The van der Waals surface area contributed by atoms with Gasteiger partial charge in [-0.1, -0.05) is 123 Å². The standard InChI is InChI=1S/C41H32N2O3.Zn/c1-41(2)31-21-13-23-33(42-37(27-15-5-3-6-16-27)29-19-9-11-25-35(29)44)39(31)46-40-32(41)22-14-24-34(40)43-38(28-17-7-4-8-18-28)30-20-10-12-26-36(30)45;/h3-26,44-45H,1-2H3;. The number of benzene rings is 6. The van der Waals surface area contributed by atoms with E-state index in [1.807, 2.05) is 109 Å². The Bertz CT molecular complexity index is 1970. The number of aromatic hydroxyl groups is 2. The minimum atomic E-state index is -0.441. The van der Waals surface area contributed by atoms with Gasteiger partial charge < -0.3 is 14.9 Å². The molecule has 1 aliphatic heterocycles.